The molecule has 0 fully saturated rings. The van der Waals surface area contributed by atoms with Gasteiger partial charge in [-0.15, -0.1) is 0 Å². The Hall–Kier alpha value is -8.60. The molecule has 0 saturated carbocycles. The van der Waals surface area contributed by atoms with E-state index in [1.807, 2.05) is 0 Å². The molecule has 0 unspecified atom stereocenters. The van der Waals surface area contributed by atoms with E-state index in [2.05, 4.69) is 236 Å². The van der Waals surface area contributed by atoms with Gasteiger partial charge < -0.3 is 18.1 Å². The average molecular weight is 813 g/mol. The van der Waals surface area contributed by atoms with E-state index < -0.39 is 0 Å². The van der Waals surface area contributed by atoms with Crippen molar-refractivity contribution in [1.29, 1.82) is 0 Å². The summed E-state index contributed by atoms with van der Waals surface area (Å²) >= 11 is 0. The zero-order valence-electron chi connectivity index (χ0n) is 34.6. The quantitative estimate of drug-likeness (QED) is 0.169. The fraction of sp³-hybridized carbons (Fsp3) is 0. The van der Waals surface area contributed by atoms with E-state index >= 15 is 0 Å². The maximum Gasteiger partial charge on any atom is 0.0622 e. The van der Waals surface area contributed by atoms with Crippen molar-refractivity contribution in [1.82, 2.24) is 18.1 Å². The first kappa shape index (κ1) is 34.0. The van der Waals surface area contributed by atoms with Crippen LogP contribution in [0.25, 0.3) is 132 Å². The molecular weight excluding hydrogens is 777 g/mol. The Labute approximate surface area is 366 Å². The van der Waals surface area contributed by atoms with Crippen LogP contribution in [0.2, 0.25) is 0 Å². The minimum absolute atomic E-state index is 1.14. The third-order valence-corrected chi connectivity index (χ3v) is 14.1. The molecule has 0 radical (unpaired) electrons. The summed E-state index contributed by atoms with van der Waals surface area (Å²) in [5.41, 5.74) is 16.9. The molecule has 0 bridgehead atoms. The van der Waals surface area contributed by atoms with E-state index in [-0.39, 0.29) is 0 Å². The van der Waals surface area contributed by atoms with Crippen LogP contribution in [0.15, 0.2) is 218 Å². The Kier molecular flexibility index (Phi) is 6.65. The lowest BCUT2D eigenvalue weighted by molar-refractivity contribution is 1.14. The topological polar surface area (TPSA) is 19.2 Å². The monoisotopic (exact) mass is 812 g/mol. The number of hydrogen-bond acceptors (Lipinski definition) is 0. The Bertz CT molecular complexity index is 4280. The normalized spacial score (nSPS) is 12.4. The van der Waals surface area contributed by atoms with Gasteiger partial charge in [0.2, 0.25) is 0 Å². The van der Waals surface area contributed by atoms with Crippen LogP contribution in [0, 0.1) is 0 Å². The van der Waals surface area contributed by atoms with Crippen LogP contribution < -0.4 is 0 Å². The summed E-state index contributed by atoms with van der Waals surface area (Å²) in [5, 5.41) is 12.7. The highest BCUT2D eigenvalue weighted by Crippen LogP contribution is 2.43. The number of benzene rings is 10. The van der Waals surface area contributed by atoms with Crippen molar-refractivity contribution in [2.45, 2.75) is 0 Å². The zero-order valence-corrected chi connectivity index (χ0v) is 34.6. The molecule has 0 aliphatic carbocycles. The van der Waals surface area contributed by atoms with Crippen molar-refractivity contribution in [3.8, 4) is 28.2 Å². The number of para-hydroxylation sites is 6. The van der Waals surface area contributed by atoms with Gasteiger partial charge in [0.1, 0.15) is 0 Å². The van der Waals surface area contributed by atoms with Crippen molar-refractivity contribution in [3.63, 3.8) is 0 Å². The Morgan fingerprint density at radius 3 is 0.891 bits per heavy atom. The predicted molar refractivity (Wildman–Crippen MR) is 270 cm³/mol. The van der Waals surface area contributed by atoms with Crippen LogP contribution in [0.3, 0.4) is 0 Å². The summed E-state index contributed by atoms with van der Waals surface area (Å²) in [7, 11) is 0. The lowest BCUT2D eigenvalue weighted by atomic mass is 10.0. The molecule has 64 heavy (non-hydrogen) atoms. The molecule has 0 saturated heterocycles. The Balaban J connectivity index is 0.879. The summed E-state index contributed by atoms with van der Waals surface area (Å²) in [6, 6.07) is 80.7. The van der Waals surface area contributed by atoms with Crippen molar-refractivity contribution >= 4 is 104 Å². The van der Waals surface area contributed by atoms with Crippen LogP contribution in [-0.2, 0) is 0 Å². The lowest BCUT2D eigenvalue weighted by Crippen LogP contribution is -1.97. The van der Waals surface area contributed by atoms with Crippen molar-refractivity contribution in [2.24, 2.45) is 0 Å². The van der Waals surface area contributed by atoms with Crippen LogP contribution in [0.1, 0.15) is 0 Å². The van der Waals surface area contributed by atoms with Gasteiger partial charge in [0.25, 0.3) is 0 Å². The number of aromatic nitrogens is 4. The SMILES string of the molecule is c1ccc2c(c1)c1ccccc1n2-c1ccc(-n2c3ccccc3c3cc(-c4ccc5c(c4)c4ccccc4n5-c4cc5c6ccccc6n6c7ccccc7c(c4)c56)ccc32)cc1. The highest BCUT2D eigenvalue weighted by molar-refractivity contribution is 6.24. The third kappa shape index (κ3) is 4.46. The second kappa shape index (κ2) is 12.5. The molecule has 0 aliphatic rings. The van der Waals surface area contributed by atoms with Crippen LogP contribution in [0.5, 0.6) is 0 Å². The average Bonchev–Trinajstić information content (AvgIpc) is 4.15. The van der Waals surface area contributed by atoms with Crippen LogP contribution in [0.4, 0.5) is 0 Å². The van der Waals surface area contributed by atoms with Crippen LogP contribution in [-0.4, -0.2) is 18.1 Å². The molecule has 0 amide bonds. The second-order valence-electron chi connectivity index (χ2n) is 17.3. The summed E-state index contributed by atoms with van der Waals surface area (Å²) in [6.45, 7) is 0. The molecule has 10 aromatic carbocycles. The zero-order chi connectivity index (χ0) is 41.6. The van der Waals surface area contributed by atoms with E-state index in [4.69, 9.17) is 0 Å². The van der Waals surface area contributed by atoms with Crippen molar-refractivity contribution in [3.05, 3.63) is 218 Å². The number of hydrogen-bond donors (Lipinski definition) is 0. The Morgan fingerprint density at radius 1 is 0.203 bits per heavy atom. The predicted octanol–water partition coefficient (Wildman–Crippen LogP) is 15.8. The summed E-state index contributed by atoms with van der Waals surface area (Å²) < 4.78 is 9.72. The molecule has 296 valence electrons. The molecule has 15 rings (SSSR count). The minimum Gasteiger partial charge on any atom is -0.309 e. The van der Waals surface area contributed by atoms with Crippen molar-refractivity contribution in [2.75, 3.05) is 0 Å². The molecular formula is C60H36N4. The van der Waals surface area contributed by atoms with Crippen molar-refractivity contribution < 1.29 is 0 Å². The standard InChI is InChI=1S/C60H36N4/c1-7-19-52-42(13-1)43-14-2-8-20-53(43)61(52)39-27-29-40(30-28-39)62-54-21-9-3-15-44(54)48-33-37(25-31-58(48)62)38-26-32-59-49(34-38)45-16-4-10-22-55(45)63(59)41-35-50-46-17-5-11-23-56(46)64-57-24-12-6-18-47(57)51(36-41)60(50)64/h1-36H. The Morgan fingerprint density at radius 2 is 0.500 bits per heavy atom. The molecule has 0 N–H and O–H groups in total. The highest BCUT2D eigenvalue weighted by Gasteiger charge is 2.21. The molecule has 5 aromatic heterocycles. The molecule has 4 nitrogen and oxygen atoms in total. The first-order valence-corrected chi connectivity index (χ1v) is 22.1. The van der Waals surface area contributed by atoms with Gasteiger partial charge in [0.15, 0.2) is 0 Å². The smallest absolute Gasteiger partial charge is 0.0622 e. The van der Waals surface area contributed by atoms with Gasteiger partial charge in [-0.05, 0) is 108 Å². The first-order valence-electron chi connectivity index (χ1n) is 22.1. The van der Waals surface area contributed by atoms with E-state index in [0.717, 1.165) is 11.4 Å². The molecule has 0 spiro atoms. The minimum atomic E-state index is 1.14. The second-order valence-corrected chi connectivity index (χ2v) is 17.3. The summed E-state index contributed by atoms with van der Waals surface area (Å²) in [4.78, 5) is 0. The fourth-order valence-corrected chi connectivity index (χ4v) is 11.4. The number of nitrogens with zero attached hydrogens (tertiary/aromatic N) is 4. The molecule has 0 atom stereocenters. The van der Waals surface area contributed by atoms with E-state index in [1.54, 1.807) is 0 Å². The van der Waals surface area contributed by atoms with Gasteiger partial charge in [-0.3, -0.25) is 0 Å². The van der Waals surface area contributed by atoms with E-state index in [1.165, 1.54) is 120 Å². The third-order valence-electron chi connectivity index (χ3n) is 14.1. The number of fused-ring (bicyclic) bond motifs is 15. The molecule has 5 heterocycles. The van der Waals surface area contributed by atoms with Gasteiger partial charge in [-0.25, -0.2) is 0 Å². The van der Waals surface area contributed by atoms with Gasteiger partial charge in [-0.2, -0.15) is 0 Å². The lowest BCUT2D eigenvalue weighted by Gasteiger charge is -2.12. The largest absolute Gasteiger partial charge is 0.309 e. The molecule has 4 heteroatoms. The van der Waals surface area contributed by atoms with Crippen LogP contribution >= 0.6 is 0 Å². The molecule has 15 aromatic rings. The van der Waals surface area contributed by atoms with Gasteiger partial charge in [0, 0.05) is 70.9 Å². The van der Waals surface area contributed by atoms with Gasteiger partial charge >= 0.3 is 0 Å². The summed E-state index contributed by atoms with van der Waals surface area (Å²) in [6.07, 6.45) is 0. The maximum atomic E-state index is 2.47. The van der Waals surface area contributed by atoms with Gasteiger partial charge in [0.05, 0.1) is 49.7 Å². The van der Waals surface area contributed by atoms with Gasteiger partial charge in [-0.1, -0.05) is 121 Å². The first-order chi connectivity index (χ1) is 31.8. The number of rotatable bonds is 4. The molecule has 0 aliphatic heterocycles. The van der Waals surface area contributed by atoms with E-state index in [0.29, 0.717) is 0 Å². The fourth-order valence-electron chi connectivity index (χ4n) is 11.4. The summed E-state index contributed by atoms with van der Waals surface area (Å²) in [5.74, 6) is 0. The highest BCUT2D eigenvalue weighted by atomic mass is 15.0. The maximum absolute atomic E-state index is 2.47. The van der Waals surface area contributed by atoms with E-state index in [9.17, 15) is 0 Å².